The number of fused-ring (bicyclic) bond motifs is 1. The number of aryl methyl sites for hydroxylation is 1. The van der Waals surface area contributed by atoms with Crippen LogP contribution in [0.5, 0.6) is 0 Å². The van der Waals surface area contributed by atoms with Gasteiger partial charge in [-0.15, -0.1) is 11.3 Å². The van der Waals surface area contributed by atoms with Gasteiger partial charge in [0.25, 0.3) is 0 Å². The minimum absolute atomic E-state index is 0.464. The highest BCUT2D eigenvalue weighted by molar-refractivity contribution is 9.10. The molecule has 1 aliphatic rings. The Morgan fingerprint density at radius 1 is 1.35 bits per heavy atom. The number of thioether (sulfide) groups is 1. The van der Waals surface area contributed by atoms with Crippen LogP contribution in [0.4, 0.5) is 0 Å². The van der Waals surface area contributed by atoms with Gasteiger partial charge in [-0.3, -0.25) is 0 Å². The third kappa shape index (κ3) is 3.25. The van der Waals surface area contributed by atoms with Gasteiger partial charge in [0, 0.05) is 31.4 Å². The van der Waals surface area contributed by atoms with E-state index in [2.05, 4.69) is 22.0 Å². The van der Waals surface area contributed by atoms with Gasteiger partial charge in [0.05, 0.1) is 6.10 Å². The van der Waals surface area contributed by atoms with E-state index in [0.29, 0.717) is 11.4 Å². The lowest BCUT2D eigenvalue weighted by Gasteiger charge is -2.10. The summed E-state index contributed by atoms with van der Waals surface area (Å²) < 4.78 is 0.962. The first-order chi connectivity index (χ1) is 9.63. The SMILES string of the molecule is OC(Cc1ccc(Br)cc1Cl)c1cc2c(s1)CCSC2. The molecular formula is C15H14BrClOS2. The van der Waals surface area contributed by atoms with Crippen molar-refractivity contribution in [2.75, 3.05) is 5.75 Å². The van der Waals surface area contributed by atoms with Crippen molar-refractivity contribution >= 4 is 50.6 Å². The zero-order chi connectivity index (χ0) is 14.1. The third-order valence-corrected chi connectivity index (χ3v) is 6.59. The highest BCUT2D eigenvalue weighted by Crippen LogP contribution is 2.36. The fourth-order valence-electron chi connectivity index (χ4n) is 2.33. The molecule has 0 bridgehead atoms. The number of hydrogen-bond donors (Lipinski definition) is 1. The van der Waals surface area contributed by atoms with E-state index in [1.807, 2.05) is 30.0 Å². The van der Waals surface area contributed by atoms with Gasteiger partial charge < -0.3 is 5.11 Å². The van der Waals surface area contributed by atoms with Crippen molar-refractivity contribution in [3.05, 3.63) is 54.6 Å². The first kappa shape index (κ1) is 14.9. The highest BCUT2D eigenvalue weighted by Gasteiger charge is 2.18. The van der Waals surface area contributed by atoms with E-state index in [-0.39, 0.29) is 0 Å². The molecule has 2 heterocycles. The van der Waals surface area contributed by atoms with Gasteiger partial charge in [0.1, 0.15) is 0 Å². The van der Waals surface area contributed by atoms with Crippen LogP contribution in [0.15, 0.2) is 28.7 Å². The Bertz CT molecular complexity index is 603. The van der Waals surface area contributed by atoms with Gasteiger partial charge in [-0.1, -0.05) is 33.6 Å². The van der Waals surface area contributed by atoms with E-state index in [1.165, 1.54) is 16.2 Å². The third-order valence-electron chi connectivity index (χ3n) is 3.40. The minimum Gasteiger partial charge on any atom is -0.387 e. The van der Waals surface area contributed by atoms with Crippen LogP contribution in [0.25, 0.3) is 0 Å². The number of halogens is 2. The van der Waals surface area contributed by atoms with Crippen molar-refractivity contribution in [3.63, 3.8) is 0 Å². The molecule has 1 atom stereocenters. The standard InChI is InChI=1S/C15H14BrClOS2/c16-11-2-1-9(12(17)7-11)5-13(18)15-6-10-8-19-4-3-14(10)20-15/h1-2,6-7,13,18H,3-5,8H2. The quantitative estimate of drug-likeness (QED) is 0.775. The maximum atomic E-state index is 10.5. The number of thiophene rings is 1. The number of aliphatic hydroxyl groups is 1. The van der Waals surface area contributed by atoms with Crippen LogP contribution in [0.2, 0.25) is 5.02 Å². The fourth-order valence-corrected chi connectivity index (χ4v) is 5.44. The normalized spacial score (nSPS) is 15.9. The van der Waals surface area contributed by atoms with E-state index in [1.54, 1.807) is 11.3 Å². The molecule has 0 saturated heterocycles. The summed E-state index contributed by atoms with van der Waals surface area (Å²) in [5.74, 6) is 2.28. The number of hydrogen-bond acceptors (Lipinski definition) is 3. The van der Waals surface area contributed by atoms with Crippen LogP contribution in [-0.4, -0.2) is 10.9 Å². The summed E-state index contributed by atoms with van der Waals surface area (Å²) in [4.78, 5) is 2.51. The molecule has 0 saturated carbocycles. The second-order valence-corrected chi connectivity index (χ2v) is 8.45. The molecule has 0 aliphatic carbocycles. The van der Waals surface area contributed by atoms with Gasteiger partial charge in [-0.25, -0.2) is 0 Å². The van der Waals surface area contributed by atoms with Crippen molar-refractivity contribution in [1.29, 1.82) is 0 Å². The van der Waals surface area contributed by atoms with E-state index in [0.717, 1.165) is 27.1 Å². The molecule has 1 aromatic carbocycles. The smallest absolute Gasteiger partial charge is 0.0922 e. The van der Waals surface area contributed by atoms with Crippen LogP contribution in [0.1, 0.15) is 27.0 Å². The predicted molar refractivity (Wildman–Crippen MR) is 92.0 cm³/mol. The predicted octanol–water partition coefficient (Wildman–Crippen LogP) is 5.23. The zero-order valence-corrected chi connectivity index (χ0v) is 14.7. The van der Waals surface area contributed by atoms with Crippen molar-refractivity contribution in [3.8, 4) is 0 Å². The lowest BCUT2D eigenvalue weighted by atomic mass is 10.1. The minimum atomic E-state index is -0.464. The molecule has 20 heavy (non-hydrogen) atoms. The molecule has 0 fully saturated rings. The molecule has 1 nitrogen and oxygen atoms in total. The average molecular weight is 390 g/mol. The largest absolute Gasteiger partial charge is 0.387 e. The first-order valence-electron chi connectivity index (χ1n) is 6.44. The highest BCUT2D eigenvalue weighted by atomic mass is 79.9. The summed E-state index contributed by atoms with van der Waals surface area (Å²) >= 11 is 13.3. The van der Waals surface area contributed by atoms with Crippen molar-refractivity contribution < 1.29 is 5.11 Å². The molecule has 1 N–H and O–H groups in total. The molecule has 0 spiro atoms. The molecular weight excluding hydrogens is 376 g/mol. The van der Waals surface area contributed by atoms with Gasteiger partial charge >= 0.3 is 0 Å². The summed E-state index contributed by atoms with van der Waals surface area (Å²) in [6.45, 7) is 0. The Kier molecular flexibility index (Phi) is 4.78. The molecule has 1 unspecified atom stereocenters. The van der Waals surface area contributed by atoms with E-state index < -0.39 is 6.10 Å². The van der Waals surface area contributed by atoms with E-state index in [9.17, 15) is 5.11 Å². The summed E-state index contributed by atoms with van der Waals surface area (Å²) in [6, 6.07) is 7.98. The van der Waals surface area contributed by atoms with Crippen molar-refractivity contribution in [2.45, 2.75) is 24.7 Å². The molecule has 1 aromatic heterocycles. The van der Waals surface area contributed by atoms with Crippen LogP contribution in [-0.2, 0) is 18.6 Å². The van der Waals surface area contributed by atoms with Crippen LogP contribution in [0, 0.1) is 0 Å². The summed E-state index contributed by atoms with van der Waals surface area (Å²) in [7, 11) is 0. The molecule has 2 aromatic rings. The zero-order valence-electron chi connectivity index (χ0n) is 10.7. The molecule has 0 radical (unpaired) electrons. The topological polar surface area (TPSA) is 20.2 Å². The van der Waals surface area contributed by atoms with E-state index in [4.69, 9.17) is 11.6 Å². The Balaban J connectivity index is 1.78. The lowest BCUT2D eigenvalue weighted by molar-refractivity contribution is 0.182. The number of benzene rings is 1. The molecule has 1 aliphatic heterocycles. The molecule has 3 rings (SSSR count). The Hall–Kier alpha value is -0.000000000000000111. The van der Waals surface area contributed by atoms with Crippen molar-refractivity contribution in [2.24, 2.45) is 0 Å². The van der Waals surface area contributed by atoms with Crippen LogP contribution >= 0.6 is 50.6 Å². The maximum Gasteiger partial charge on any atom is 0.0922 e. The summed E-state index contributed by atoms with van der Waals surface area (Å²) in [5, 5.41) is 11.2. The average Bonchev–Trinajstić information content (AvgIpc) is 2.86. The Morgan fingerprint density at radius 3 is 2.95 bits per heavy atom. The Labute approximate surface area is 140 Å². The summed E-state index contributed by atoms with van der Waals surface area (Å²) in [5.41, 5.74) is 2.39. The Morgan fingerprint density at radius 2 is 2.20 bits per heavy atom. The number of rotatable bonds is 3. The summed E-state index contributed by atoms with van der Waals surface area (Å²) in [6.07, 6.45) is 1.24. The van der Waals surface area contributed by atoms with Gasteiger partial charge in [-0.2, -0.15) is 11.8 Å². The number of aliphatic hydroxyl groups excluding tert-OH is 1. The molecule has 5 heteroatoms. The lowest BCUT2D eigenvalue weighted by Crippen LogP contribution is -2.00. The monoisotopic (exact) mass is 388 g/mol. The molecule has 0 amide bonds. The van der Waals surface area contributed by atoms with Crippen molar-refractivity contribution in [1.82, 2.24) is 0 Å². The van der Waals surface area contributed by atoms with Gasteiger partial charge in [-0.05, 0) is 41.5 Å². The molecule has 106 valence electrons. The van der Waals surface area contributed by atoms with E-state index >= 15 is 0 Å². The fraction of sp³-hybridized carbons (Fsp3) is 0.333. The van der Waals surface area contributed by atoms with Gasteiger partial charge in [0.15, 0.2) is 0 Å². The van der Waals surface area contributed by atoms with Gasteiger partial charge in [0.2, 0.25) is 0 Å². The first-order valence-corrected chi connectivity index (χ1v) is 9.59. The maximum absolute atomic E-state index is 10.5. The second kappa shape index (κ2) is 6.41. The second-order valence-electron chi connectivity index (χ2n) is 4.86. The van der Waals surface area contributed by atoms with Crippen LogP contribution < -0.4 is 0 Å². The van der Waals surface area contributed by atoms with Crippen LogP contribution in [0.3, 0.4) is 0 Å².